The van der Waals surface area contributed by atoms with Crippen LogP contribution < -0.4 is 5.32 Å². The number of aromatic nitrogens is 3. The van der Waals surface area contributed by atoms with E-state index in [1.165, 1.54) is 6.07 Å². The van der Waals surface area contributed by atoms with Crippen molar-refractivity contribution in [1.82, 2.24) is 20.1 Å². The summed E-state index contributed by atoms with van der Waals surface area (Å²) in [5, 5.41) is 22.5. The average molecular weight is 327 g/mol. The Bertz CT molecular complexity index is 671. The lowest BCUT2D eigenvalue weighted by molar-refractivity contribution is 0.456. The van der Waals surface area contributed by atoms with E-state index in [4.69, 9.17) is 23.2 Å². The molecule has 0 fully saturated rings. The van der Waals surface area contributed by atoms with E-state index < -0.39 is 0 Å². The molecule has 0 aliphatic carbocycles. The van der Waals surface area contributed by atoms with Gasteiger partial charge in [0.05, 0.1) is 11.1 Å². The van der Waals surface area contributed by atoms with Crippen LogP contribution in [0.4, 0.5) is 0 Å². The van der Waals surface area contributed by atoms with Crippen LogP contribution in [0.25, 0.3) is 0 Å². The highest BCUT2D eigenvalue weighted by Crippen LogP contribution is 2.31. The van der Waals surface area contributed by atoms with Crippen LogP contribution >= 0.6 is 23.2 Å². The summed E-state index contributed by atoms with van der Waals surface area (Å²) in [4.78, 5) is 0. The van der Waals surface area contributed by atoms with Gasteiger partial charge in [-0.3, -0.25) is 0 Å². The molecule has 112 valence electrons. The normalized spacial score (nSPS) is 15.2. The Morgan fingerprint density at radius 3 is 3.00 bits per heavy atom. The number of aromatic hydroxyl groups is 1. The summed E-state index contributed by atoms with van der Waals surface area (Å²) in [6.45, 7) is 3.45. The van der Waals surface area contributed by atoms with Gasteiger partial charge in [0.25, 0.3) is 0 Å². The zero-order valence-electron chi connectivity index (χ0n) is 11.6. The highest BCUT2D eigenvalue weighted by atomic mass is 35.5. The maximum absolute atomic E-state index is 9.96. The van der Waals surface area contributed by atoms with Gasteiger partial charge >= 0.3 is 0 Å². The standard InChI is InChI=1S/C14H16Cl2N4O/c1-8(14-19-18-12-3-2-4-20(12)14)17-7-9-5-10(15)6-11(16)13(9)21/h5-6,8,17,21H,2-4,7H2,1H3. The van der Waals surface area contributed by atoms with Crippen molar-refractivity contribution in [2.24, 2.45) is 0 Å². The molecule has 0 spiro atoms. The molecule has 0 radical (unpaired) electrons. The smallest absolute Gasteiger partial charge is 0.149 e. The maximum atomic E-state index is 9.96. The minimum absolute atomic E-state index is 0.0292. The first-order valence-electron chi connectivity index (χ1n) is 6.88. The first kappa shape index (κ1) is 14.6. The second kappa shape index (κ2) is 5.83. The molecule has 2 heterocycles. The molecule has 2 aromatic rings. The predicted octanol–water partition coefficient (Wildman–Crippen LogP) is 3.09. The largest absolute Gasteiger partial charge is 0.506 e. The maximum Gasteiger partial charge on any atom is 0.149 e. The molecule has 1 aliphatic rings. The fourth-order valence-corrected chi connectivity index (χ4v) is 3.14. The fourth-order valence-electron chi connectivity index (χ4n) is 2.60. The van der Waals surface area contributed by atoms with Gasteiger partial charge in [-0.1, -0.05) is 23.2 Å². The molecule has 3 rings (SSSR count). The molecule has 1 atom stereocenters. The molecular formula is C14H16Cl2N4O. The monoisotopic (exact) mass is 326 g/mol. The van der Waals surface area contributed by atoms with Crippen molar-refractivity contribution < 1.29 is 5.11 Å². The van der Waals surface area contributed by atoms with Crippen molar-refractivity contribution in [2.45, 2.75) is 38.9 Å². The number of phenols is 1. The lowest BCUT2D eigenvalue weighted by atomic mass is 10.2. The highest BCUT2D eigenvalue weighted by molar-refractivity contribution is 6.35. The van der Waals surface area contributed by atoms with Crippen LogP contribution in [0.15, 0.2) is 12.1 Å². The van der Waals surface area contributed by atoms with Gasteiger partial charge in [0.1, 0.15) is 17.4 Å². The molecule has 1 unspecified atom stereocenters. The number of halogens is 2. The number of nitrogens with zero attached hydrogens (tertiary/aromatic N) is 3. The van der Waals surface area contributed by atoms with E-state index in [0.29, 0.717) is 17.1 Å². The lowest BCUT2D eigenvalue weighted by Gasteiger charge is -2.15. The van der Waals surface area contributed by atoms with E-state index in [9.17, 15) is 5.11 Å². The van der Waals surface area contributed by atoms with Gasteiger partial charge in [0.15, 0.2) is 0 Å². The van der Waals surface area contributed by atoms with Crippen molar-refractivity contribution in [3.63, 3.8) is 0 Å². The molecule has 1 aliphatic heterocycles. The van der Waals surface area contributed by atoms with Gasteiger partial charge in [-0.25, -0.2) is 0 Å². The Hall–Kier alpha value is -1.30. The topological polar surface area (TPSA) is 63.0 Å². The molecule has 0 bridgehead atoms. The molecule has 2 N–H and O–H groups in total. The summed E-state index contributed by atoms with van der Waals surface area (Å²) in [5.74, 6) is 2.04. The van der Waals surface area contributed by atoms with E-state index in [0.717, 1.165) is 31.0 Å². The van der Waals surface area contributed by atoms with E-state index >= 15 is 0 Å². The molecule has 21 heavy (non-hydrogen) atoms. The summed E-state index contributed by atoms with van der Waals surface area (Å²) in [6.07, 6.45) is 2.11. The van der Waals surface area contributed by atoms with Crippen molar-refractivity contribution in [1.29, 1.82) is 0 Å². The molecule has 5 nitrogen and oxygen atoms in total. The van der Waals surface area contributed by atoms with Crippen molar-refractivity contribution >= 4 is 23.2 Å². The van der Waals surface area contributed by atoms with E-state index in [1.54, 1.807) is 6.07 Å². The molecule has 0 amide bonds. The Balaban J connectivity index is 1.73. The number of aryl methyl sites for hydroxylation is 1. The number of benzene rings is 1. The first-order valence-corrected chi connectivity index (χ1v) is 7.64. The number of rotatable bonds is 4. The third-order valence-electron chi connectivity index (χ3n) is 3.73. The summed E-state index contributed by atoms with van der Waals surface area (Å²) in [7, 11) is 0. The van der Waals surface area contributed by atoms with Gasteiger partial charge in [0, 0.05) is 30.1 Å². The van der Waals surface area contributed by atoms with Crippen LogP contribution in [-0.2, 0) is 19.5 Å². The second-order valence-corrected chi connectivity index (χ2v) is 6.07. The quantitative estimate of drug-likeness (QED) is 0.906. The molecular weight excluding hydrogens is 311 g/mol. The number of nitrogens with one attached hydrogen (secondary N) is 1. The second-order valence-electron chi connectivity index (χ2n) is 5.23. The SMILES string of the molecule is CC(NCc1cc(Cl)cc(Cl)c1O)c1nnc2n1CCC2. The van der Waals surface area contributed by atoms with E-state index in [1.807, 2.05) is 6.92 Å². The fraction of sp³-hybridized carbons (Fsp3) is 0.429. The number of fused-ring (bicyclic) bond motifs is 1. The van der Waals surface area contributed by atoms with Gasteiger partial charge in [-0.15, -0.1) is 10.2 Å². The Kier molecular flexibility index (Phi) is 4.06. The predicted molar refractivity (Wildman–Crippen MR) is 81.7 cm³/mol. The van der Waals surface area contributed by atoms with Gasteiger partial charge < -0.3 is 15.0 Å². The lowest BCUT2D eigenvalue weighted by Crippen LogP contribution is -2.21. The molecule has 0 saturated carbocycles. The van der Waals surface area contributed by atoms with Crippen LogP contribution in [0.5, 0.6) is 5.75 Å². The number of hydrogen-bond donors (Lipinski definition) is 2. The van der Waals surface area contributed by atoms with Gasteiger partial charge in [-0.2, -0.15) is 0 Å². The number of phenolic OH excluding ortho intramolecular Hbond substituents is 1. The van der Waals surface area contributed by atoms with Crippen LogP contribution in [-0.4, -0.2) is 19.9 Å². The Morgan fingerprint density at radius 1 is 1.38 bits per heavy atom. The van der Waals surface area contributed by atoms with Gasteiger partial charge in [0.2, 0.25) is 0 Å². The van der Waals surface area contributed by atoms with E-state index in [-0.39, 0.29) is 16.8 Å². The van der Waals surface area contributed by atoms with Crippen LogP contribution in [0.2, 0.25) is 10.0 Å². The average Bonchev–Trinajstić information content (AvgIpc) is 3.03. The number of hydrogen-bond acceptors (Lipinski definition) is 4. The molecule has 7 heteroatoms. The van der Waals surface area contributed by atoms with Crippen LogP contribution in [0.1, 0.15) is 36.6 Å². The highest BCUT2D eigenvalue weighted by Gasteiger charge is 2.21. The summed E-state index contributed by atoms with van der Waals surface area (Å²) >= 11 is 11.9. The van der Waals surface area contributed by atoms with Crippen LogP contribution in [0.3, 0.4) is 0 Å². The third-order valence-corrected chi connectivity index (χ3v) is 4.24. The van der Waals surface area contributed by atoms with Crippen LogP contribution in [0, 0.1) is 0 Å². The zero-order valence-corrected chi connectivity index (χ0v) is 13.1. The first-order chi connectivity index (χ1) is 10.1. The van der Waals surface area contributed by atoms with Crippen molar-refractivity contribution in [2.75, 3.05) is 0 Å². The molecule has 1 aromatic heterocycles. The minimum atomic E-state index is 0.0292. The summed E-state index contributed by atoms with van der Waals surface area (Å²) < 4.78 is 2.16. The van der Waals surface area contributed by atoms with Gasteiger partial charge in [-0.05, 0) is 25.5 Å². The Morgan fingerprint density at radius 2 is 2.19 bits per heavy atom. The third kappa shape index (κ3) is 2.86. The van der Waals surface area contributed by atoms with E-state index in [2.05, 4.69) is 20.1 Å². The molecule has 0 saturated heterocycles. The molecule has 1 aromatic carbocycles. The minimum Gasteiger partial charge on any atom is -0.506 e. The summed E-state index contributed by atoms with van der Waals surface area (Å²) in [6, 6.07) is 3.26. The zero-order chi connectivity index (χ0) is 15.0. The summed E-state index contributed by atoms with van der Waals surface area (Å²) in [5.41, 5.74) is 0.667. The van der Waals surface area contributed by atoms with Crippen molar-refractivity contribution in [3.05, 3.63) is 39.4 Å². The Labute approximate surface area is 132 Å². The van der Waals surface area contributed by atoms with Crippen molar-refractivity contribution in [3.8, 4) is 5.75 Å².